The van der Waals surface area contributed by atoms with E-state index in [0.717, 1.165) is 10.0 Å². The van der Waals surface area contributed by atoms with Gasteiger partial charge in [0.1, 0.15) is 5.82 Å². The van der Waals surface area contributed by atoms with Crippen molar-refractivity contribution in [2.24, 2.45) is 0 Å². The van der Waals surface area contributed by atoms with Gasteiger partial charge in [-0.05, 0) is 36.4 Å². The average molecular weight is 447 g/mol. The molecule has 3 rings (SSSR count). The van der Waals surface area contributed by atoms with Gasteiger partial charge in [-0.1, -0.05) is 45.9 Å². The molecule has 0 unspecified atom stereocenters. The second-order valence-corrected chi connectivity index (χ2v) is 7.41. The van der Waals surface area contributed by atoms with Crippen molar-refractivity contribution in [1.82, 2.24) is 14.8 Å². The van der Waals surface area contributed by atoms with E-state index in [1.165, 1.54) is 36.0 Å². The van der Waals surface area contributed by atoms with Crippen LogP contribution in [0, 0.1) is 5.82 Å². The monoisotopic (exact) mass is 446 g/mol. The molecular formula is C19H16BrFN4OS. The third-order valence-electron chi connectivity index (χ3n) is 3.59. The van der Waals surface area contributed by atoms with Crippen LogP contribution in [0.15, 0.2) is 70.8 Å². The smallest absolute Gasteiger partial charge is 0.234 e. The summed E-state index contributed by atoms with van der Waals surface area (Å²) in [5, 5.41) is 11.8. The lowest BCUT2D eigenvalue weighted by Gasteiger charge is -2.08. The van der Waals surface area contributed by atoms with Gasteiger partial charge >= 0.3 is 0 Å². The molecule has 0 saturated heterocycles. The van der Waals surface area contributed by atoms with Crippen LogP contribution in [0.3, 0.4) is 0 Å². The van der Waals surface area contributed by atoms with Crippen molar-refractivity contribution < 1.29 is 9.18 Å². The highest BCUT2D eigenvalue weighted by atomic mass is 79.9. The molecule has 27 heavy (non-hydrogen) atoms. The zero-order chi connectivity index (χ0) is 19.2. The summed E-state index contributed by atoms with van der Waals surface area (Å²) in [6.07, 6.45) is 1.76. The Morgan fingerprint density at radius 3 is 2.56 bits per heavy atom. The fraction of sp³-hybridized carbons (Fsp3) is 0.105. The zero-order valence-corrected chi connectivity index (χ0v) is 16.6. The minimum atomic E-state index is -0.347. The molecule has 1 aromatic heterocycles. The minimum absolute atomic E-state index is 0.160. The van der Waals surface area contributed by atoms with E-state index in [-0.39, 0.29) is 17.5 Å². The van der Waals surface area contributed by atoms with Crippen LogP contribution in [-0.2, 0) is 11.3 Å². The van der Waals surface area contributed by atoms with Crippen molar-refractivity contribution >= 4 is 39.3 Å². The summed E-state index contributed by atoms with van der Waals surface area (Å²) in [6.45, 7) is 4.31. The number of anilines is 1. The van der Waals surface area contributed by atoms with Crippen molar-refractivity contribution in [1.29, 1.82) is 0 Å². The molecule has 0 bridgehead atoms. The lowest BCUT2D eigenvalue weighted by atomic mass is 10.2. The van der Waals surface area contributed by atoms with Crippen LogP contribution < -0.4 is 5.32 Å². The number of rotatable bonds is 7. The molecule has 0 aliphatic carbocycles. The van der Waals surface area contributed by atoms with Crippen molar-refractivity contribution in [3.05, 3.63) is 71.5 Å². The Balaban J connectivity index is 1.70. The molecule has 1 heterocycles. The van der Waals surface area contributed by atoms with E-state index in [2.05, 4.69) is 38.0 Å². The lowest BCUT2D eigenvalue weighted by molar-refractivity contribution is -0.113. The van der Waals surface area contributed by atoms with Crippen LogP contribution in [0.2, 0.25) is 0 Å². The number of benzene rings is 2. The van der Waals surface area contributed by atoms with Crippen molar-refractivity contribution in [3.63, 3.8) is 0 Å². The third kappa shape index (κ3) is 5.05. The van der Waals surface area contributed by atoms with Gasteiger partial charge in [0.25, 0.3) is 0 Å². The zero-order valence-electron chi connectivity index (χ0n) is 14.2. The maximum absolute atomic E-state index is 12.9. The highest BCUT2D eigenvalue weighted by molar-refractivity contribution is 9.10. The van der Waals surface area contributed by atoms with E-state index < -0.39 is 0 Å². The van der Waals surface area contributed by atoms with E-state index in [1.807, 2.05) is 28.8 Å². The first-order valence-electron chi connectivity index (χ1n) is 8.05. The Labute approximate surface area is 168 Å². The van der Waals surface area contributed by atoms with Gasteiger partial charge in [-0.2, -0.15) is 0 Å². The van der Waals surface area contributed by atoms with Gasteiger partial charge in [0.2, 0.25) is 5.91 Å². The average Bonchev–Trinajstić information content (AvgIpc) is 3.06. The van der Waals surface area contributed by atoms with Gasteiger partial charge in [-0.3, -0.25) is 9.36 Å². The number of halogens is 2. The normalized spacial score (nSPS) is 10.6. The fourth-order valence-corrected chi connectivity index (χ4v) is 3.37. The Morgan fingerprint density at radius 1 is 1.19 bits per heavy atom. The molecule has 0 saturated carbocycles. The molecule has 0 aliphatic heterocycles. The van der Waals surface area contributed by atoms with Gasteiger partial charge in [0.15, 0.2) is 11.0 Å². The molecule has 5 nitrogen and oxygen atoms in total. The third-order valence-corrected chi connectivity index (χ3v) is 5.09. The number of hydrogen-bond donors (Lipinski definition) is 1. The summed E-state index contributed by atoms with van der Waals surface area (Å²) in [6, 6.07) is 13.4. The van der Waals surface area contributed by atoms with Gasteiger partial charge in [-0.25, -0.2) is 4.39 Å². The quantitative estimate of drug-likeness (QED) is 0.419. The topological polar surface area (TPSA) is 59.8 Å². The van der Waals surface area contributed by atoms with Gasteiger partial charge < -0.3 is 5.32 Å². The molecule has 0 fully saturated rings. The molecular weight excluding hydrogens is 431 g/mol. The summed E-state index contributed by atoms with van der Waals surface area (Å²) < 4.78 is 15.8. The molecule has 0 atom stereocenters. The SMILES string of the molecule is C=CCn1c(SCC(=O)Nc2ccc(F)cc2)nnc1-c1ccc(Br)cc1. The van der Waals surface area contributed by atoms with E-state index in [0.29, 0.717) is 23.2 Å². The van der Waals surface area contributed by atoms with Gasteiger partial charge in [0.05, 0.1) is 5.75 Å². The van der Waals surface area contributed by atoms with Crippen LogP contribution in [-0.4, -0.2) is 26.4 Å². The molecule has 3 aromatic rings. The number of nitrogens with one attached hydrogen (secondary N) is 1. The van der Waals surface area contributed by atoms with Crippen molar-refractivity contribution in [3.8, 4) is 11.4 Å². The summed E-state index contributed by atoms with van der Waals surface area (Å²) in [5.74, 6) is 0.321. The van der Waals surface area contributed by atoms with E-state index in [1.54, 1.807) is 6.08 Å². The Bertz CT molecular complexity index is 941. The summed E-state index contributed by atoms with van der Waals surface area (Å²) in [7, 11) is 0. The standard InChI is InChI=1S/C19H16BrFN4OS/c1-2-11-25-18(13-3-5-14(20)6-4-13)23-24-19(25)27-12-17(26)22-16-9-7-15(21)8-10-16/h2-10H,1,11-12H2,(H,22,26). The molecule has 0 spiro atoms. The van der Waals surface area contributed by atoms with Crippen molar-refractivity contribution in [2.45, 2.75) is 11.7 Å². The van der Waals surface area contributed by atoms with E-state index >= 15 is 0 Å². The van der Waals surface area contributed by atoms with E-state index in [9.17, 15) is 9.18 Å². The van der Waals surface area contributed by atoms with Crippen LogP contribution in [0.25, 0.3) is 11.4 Å². The van der Waals surface area contributed by atoms with Gasteiger partial charge in [0, 0.05) is 22.3 Å². The highest BCUT2D eigenvalue weighted by Crippen LogP contribution is 2.25. The number of hydrogen-bond acceptors (Lipinski definition) is 4. The molecule has 8 heteroatoms. The number of thioether (sulfide) groups is 1. The van der Waals surface area contributed by atoms with Crippen LogP contribution in [0.1, 0.15) is 0 Å². The van der Waals surface area contributed by atoms with Crippen LogP contribution >= 0.6 is 27.7 Å². The first-order chi connectivity index (χ1) is 13.1. The number of aromatic nitrogens is 3. The maximum Gasteiger partial charge on any atom is 0.234 e. The number of nitrogens with zero attached hydrogens (tertiary/aromatic N) is 3. The van der Waals surface area contributed by atoms with E-state index in [4.69, 9.17) is 0 Å². The predicted octanol–water partition coefficient (Wildman–Crippen LogP) is 4.76. The summed E-state index contributed by atoms with van der Waals surface area (Å²) in [5.41, 5.74) is 1.47. The Morgan fingerprint density at radius 2 is 1.89 bits per heavy atom. The summed E-state index contributed by atoms with van der Waals surface area (Å²) in [4.78, 5) is 12.1. The molecule has 1 N–H and O–H groups in total. The summed E-state index contributed by atoms with van der Waals surface area (Å²) >= 11 is 4.70. The largest absolute Gasteiger partial charge is 0.325 e. The van der Waals surface area contributed by atoms with Gasteiger partial charge in [-0.15, -0.1) is 16.8 Å². The molecule has 138 valence electrons. The van der Waals surface area contributed by atoms with Crippen LogP contribution in [0.4, 0.5) is 10.1 Å². The number of carbonyl (C=O) groups is 1. The molecule has 2 aromatic carbocycles. The maximum atomic E-state index is 12.9. The number of amides is 1. The minimum Gasteiger partial charge on any atom is -0.325 e. The first-order valence-corrected chi connectivity index (χ1v) is 9.83. The molecule has 1 amide bonds. The second kappa shape index (κ2) is 8.96. The lowest BCUT2D eigenvalue weighted by Crippen LogP contribution is -2.14. The Kier molecular flexibility index (Phi) is 6.41. The van der Waals surface area contributed by atoms with Crippen LogP contribution in [0.5, 0.6) is 0 Å². The first kappa shape index (κ1) is 19.3. The predicted molar refractivity (Wildman–Crippen MR) is 109 cm³/mol. The second-order valence-electron chi connectivity index (χ2n) is 5.56. The van der Waals surface area contributed by atoms with Crippen molar-refractivity contribution in [2.75, 3.05) is 11.1 Å². The Hall–Kier alpha value is -2.45. The molecule has 0 radical (unpaired) electrons. The fourth-order valence-electron chi connectivity index (χ4n) is 2.36. The number of allylic oxidation sites excluding steroid dienone is 1. The number of carbonyl (C=O) groups excluding carboxylic acids is 1. The molecule has 0 aliphatic rings. The highest BCUT2D eigenvalue weighted by Gasteiger charge is 2.15.